The highest BCUT2D eigenvalue weighted by atomic mass is 19.3. The molecule has 5 nitrogen and oxygen atoms in total. The Bertz CT molecular complexity index is 424. The van der Waals surface area contributed by atoms with E-state index in [-0.39, 0.29) is 24.5 Å². The molecular formula is C14H20F2O5. The molecule has 0 aromatic rings. The van der Waals surface area contributed by atoms with Gasteiger partial charge in [0.1, 0.15) is 0 Å². The first kappa shape index (κ1) is 16.1. The third-order valence-corrected chi connectivity index (χ3v) is 4.04. The lowest BCUT2D eigenvalue weighted by Crippen LogP contribution is -2.46. The second-order valence-electron chi connectivity index (χ2n) is 6.20. The molecule has 4 unspecified atom stereocenters. The van der Waals surface area contributed by atoms with Gasteiger partial charge in [0.25, 0.3) is 0 Å². The van der Waals surface area contributed by atoms with E-state index >= 15 is 0 Å². The lowest BCUT2D eigenvalue weighted by atomic mass is 9.89. The van der Waals surface area contributed by atoms with Crippen LogP contribution in [0.15, 0.2) is 0 Å². The van der Waals surface area contributed by atoms with E-state index in [2.05, 4.69) is 0 Å². The number of fused-ring (bicyclic) bond motifs is 2. The molecule has 4 atom stereocenters. The van der Waals surface area contributed by atoms with Crippen molar-refractivity contribution in [1.82, 2.24) is 0 Å². The number of carboxylic acids is 1. The van der Waals surface area contributed by atoms with E-state index in [0.717, 1.165) is 6.42 Å². The van der Waals surface area contributed by atoms with E-state index in [1.807, 2.05) is 0 Å². The second-order valence-corrected chi connectivity index (χ2v) is 6.20. The van der Waals surface area contributed by atoms with Gasteiger partial charge in [0.15, 0.2) is 6.10 Å². The highest BCUT2D eigenvalue weighted by Crippen LogP contribution is 2.40. The van der Waals surface area contributed by atoms with Crippen molar-refractivity contribution >= 4 is 11.9 Å². The molecule has 1 N–H and O–H groups in total. The first-order valence-electron chi connectivity index (χ1n) is 7.19. The summed E-state index contributed by atoms with van der Waals surface area (Å²) in [4.78, 5) is 22.8. The molecule has 0 spiro atoms. The van der Waals surface area contributed by atoms with Crippen LogP contribution in [0.1, 0.15) is 39.5 Å². The normalized spacial score (nSPS) is 29.7. The van der Waals surface area contributed by atoms with Gasteiger partial charge >= 0.3 is 17.9 Å². The van der Waals surface area contributed by atoms with E-state index in [0.29, 0.717) is 12.8 Å². The smallest absolute Gasteiger partial charge is 0.378 e. The van der Waals surface area contributed by atoms with Crippen molar-refractivity contribution in [3.05, 3.63) is 0 Å². The van der Waals surface area contributed by atoms with Crippen LogP contribution in [0.4, 0.5) is 8.78 Å². The van der Waals surface area contributed by atoms with Gasteiger partial charge in [-0.2, -0.15) is 8.78 Å². The number of carbonyl (C=O) groups is 2. The number of halogens is 2. The molecule has 0 aliphatic carbocycles. The summed E-state index contributed by atoms with van der Waals surface area (Å²) in [6.07, 6.45) is -0.370. The largest absolute Gasteiger partial charge is 0.477 e. The topological polar surface area (TPSA) is 72.8 Å². The summed E-state index contributed by atoms with van der Waals surface area (Å²) in [6.45, 7) is 3.33. The molecule has 21 heavy (non-hydrogen) atoms. The van der Waals surface area contributed by atoms with E-state index in [1.165, 1.54) is 0 Å². The maximum atomic E-state index is 13.7. The van der Waals surface area contributed by atoms with Crippen molar-refractivity contribution in [2.75, 3.05) is 0 Å². The van der Waals surface area contributed by atoms with Crippen molar-refractivity contribution in [1.29, 1.82) is 0 Å². The number of hydrogen-bond donors (Lipinski definition) is 1. The van der Waals surface area contributed by atoms with E-state index < -0.39 is 29.9 Å². The molecule has 0 radical (unpaired) electrons. The Kier molecular flexibility index (Phi) is 4.51. The van der Waals surface area contributed by atoms with Gasteiger partial charge in [-0.05, 0) is 31.6 Å². The van der Waals surface area contributed by atoms with Crippen LogP contribution < -0.4 is 0 Å². The van der Waals surface area contributed by atoms with Gasteiger partial charge in [-0.3, -0.25) is 4.79 Å². The van der Waals surface area contributed by atoms with Crippen LogP contribution >= 0.6 is 0 Å². The zero-order chi connectivity index (χ0) is 15.8. The molecule has 2 bridgehead atoms. The van der Waals surface area contributed by atoms with E-state index in [9.17, 15) is 18.4 Å². The molecule has 120 valence electrons. The summed E-state index contributed by atoms with van der Waals surface area (Å²) in [6, 6.07) is 0. The molecule has 2 aliphatic heterocycles. The van der Waals surface area contributed by atoms with Crippen LogP contribution in [-0.2, 0) is 19.1 Å². The fourth-order valence-corrected chi connectivity index (χ4v) is 2.95. The second kappa shape index (κ2) is 5.87. The molecular weight excluding hydrogens is 286 g/mol. The SMILES string of the molecule is CC(C)CC(OC(=O)C1CC2CCC1O2)C(F)(F)C(=O)O. The van der Waals surface area contributed by atoms with Gasteiger partial charge in [0.05, 0.1) is 18.1 Å². The van der Waals surface area contributed by atoms with Crippen LogP contribution in [0.5, 0.6) is 0 Å². The summed E-state index contributed by atoms with van der Waals surface area (Å²) in [5.41, 5.74) is 0. The number of carbonyl (C=O) groups excluding carboxylic acids is 1. The molecule has 2 rings (SSSR count). The van der Waals surface area contributed by atoms with Crippen LogP contribution in [0, 0.1) is 11.8 Å². The molecule has 0 saturated carbocycles. The first-order chi connectivity index (χ1) is 9.71. The van der Waals surface area contributed by atoms with Crippen LogP contribution in [0.3, 0.4) is 0 Å². The molecule has 2 saturated heterocycles. The Hall–Kier alpha value is -1.24. The molecule has 2 fully saturated rings. The Morgan fingerprint density at radius 3 is 2.48 bits per heavy atom. The predicted molar refractivity (Wildman–Crippen MR) is 67.9 cm³/mol. The lowest BCUT2D eigenvalue weighted by Gasteiger charge is -2.27. The fourth-order valence-electron chi connectivity index (χ4n) is 2.95. The number of hydrogen-bond acceptors (Lipinski definition) is 4. The Morgan fingerprint density at radius 2 is 2.05 bits per heavy atom. The molecule has 0 amide bonds. The zero-order valence-electron chi connectivity index (χ0n) is 12.1. The summed E-state index contributed by atoms with van der Waals surface area (Å²) in [5, 5.41) is 8.64. The Balaban J connectivity index is 2.04. The van der Waals surface area contributed by atoms with Crippen molar-refractivity contribution < 1.29 is 33.0 Å². The van der Waals surface area contributed by atoms with Crippen LogP contribution in [0.25, 0.3) is 0 Å². The highest BCUT2D eigenvalue weighted by Gasteiger charge is 2.52. The summed E-state index contributed by atoms with van der Waals surface area (Å²) < 4.78 is 37.8. The van der Waals surface area contributed by atoms with Gasteiger partial charge in [-0.1, -0.05) is 13.8 Å². The van der Waals surface area contributed by atoms with Crippen LogP contribution in [-0.4, -0.2) is 41.3 Å². The number of ether oxygens (including phenoxy) is 2. The standard InChI is InChI=1S/C14H20F2O5/c1-7(2)5-11(14(15,16)13(18)19)21-12(17)9-6-8-3-4-10(9)20-8/h7-11H,3-6H2,1-2H3,(H,18,19). The first-order valence-corrected chi connectivity index (χ1v) is 7.19. The number of rotatable bonds is 6. The average molecular weight is 306 g/mol. The maximum Gasteiger partial charge on any atom is 0.378 e. The quantitative estimate of drug-likeness (QED) is 0.762. The molecule has 7 heteroatoms. The molecule has 0 aromatic carbocycles. The fraction of sp³-hybridized carbons (Fsp3) is 0.857. The van der Waals surface area contributed by atoms with Crippen molar-refractivity contribution in [2.24, 2.45) is 11.8 Å². The summed E-state index contributed by atoms with van der Waals surface area (Å²) >= 11 is 0. The molecule has 2 aliphatic rings. The number of esters is 1. The minimum atomic E-state index is -4.08. The van der Waals surface area contributed by atoms with Crippen LogP contribution in [0.2, 0.25) is 0 Å². The van der Waals surface area contributed by atoms with Gasteiger partial charge in [-0.15, -0.1) is 0 Å². The minimum absolute atomic E-state index is 0.00363. The Labute approximate surface area is 121 Å². The summed E-state index contributed by atoms with van der Waals surface area (Å²) in [5.74, 6) is -7.90. The summed E-state index contributed by atoms with van der Waals surface area (Å²) in [7, 11) is 0. The number of alkyl halides is 2. The third-order valence-electron chi connectivity index (χ3n) is 4.04. The van der Waals surface area contributed by atoms with Crippen molar-refractivity contribution in [2.45, 2.75) is 63.8 Å². The van der Waals surface area contributed by atoms with Gasteiger partial charge in [-0.25, -0.2) is 4.79 Å². The number of aliphatic carboxylic acids is 1. The third kappa shape index (κ3) is 3.33. The lowest BCUT2D eigenvalue weighted by molar-refractivity contribution is -0.197. The molecule has 2 heterocycles. The zero-order valence-corrected chi connectivity index (χ0v) is 12.1. The van der Waals surface area contributed by atoms with E-state index in [4.69, 9.17) is 14.6 Å². The van der Waals surface area contributed by atoms with Crippen molar-refractivity contribution in [3.63, 3.8) is 0 Å². The maximum absolute atomic E-state index is 13.7. The Morgan fingerprint density at radius 1 is 1.38 bits per heavy atom. The van der Waals surface area contributed by atoms with Gasteiger partial charge in [0, 0.05) is 0 Å². The number of carboxylic acid groups (broad SMARTS) is 1. The minimum Gasteiger partial charge on any atom is -0.477 e. The predicted octanol–water partition coefficient (Wildman–Crippen LogP) is 2.23. The highest BCUT2D eigenvalue weighted by molar-refractivity contribution is 5.78. The van der Waals surface area contributed by atoms with Crippen molar-refractivity contribution in [3.8, 4) is 0 Å². The van der Waals surface area contributed by atoms with Gasteiger partial charge < -0.3 is 14.6 Å². The van der Waals surface area contributed by atoms with E-state index in [1.54, 1.807) is 13.8 Å². The van der Waals surface area contributed by atoms with Gasteiger partial charge in [0.2, 0.25) is 0 Å². The average Bonchev–Trinajstić information content (AvgIpc) is 2.99. The monoisotopic (exact) mass is 306 g/mol. The molecule has 0 aromatic heterocycles.